The highest BCUT2D eigenvalue weighted by atomic mass is 16.6. The lowest BCUT2D eigenvalue weighted by atomic mass is 10.1. The smallest absolute Gasteiger partial charge is 0.306 e. The van der Waals surface area contributed by atoms with E-state index in [2.05, 4.69) is 81.5 Å². The molecule has 0 fully saturated rings. The van der Waals surface area contributed by atoms with Crippen molar-refractivity contribution in [2.45, 2.75) is 284 Å². The second kappa shape index (κ2) is 54.9. The second-order valence-electron chi connectivity index (χ2n) is 18.5. The van der Waals surface area contributed by atoms with Crippen LogP contribution < -0.4 is 0 Å². The molecule has 372 valence electrons. The van der Waals surface area contributed by atoms with E-state index in [9.17, 15) is 9.59 Å². The van der Waals surface area contributed by atoms with Crippen molar-refractivity contribution < 1.29 is 23.8 Å². The first-order valence-corrected chi connectivity index (χ1v) is 27.8. The van der Waals surface area contributed by atoms with Crippen LogP contribution in [0, 0.1) is 0 Å². The summed E-state index contributed by atoms with van der Waals surface area (Å²) in [5.41, 5.74) is 0. The minimum absolute atomic E-state index is 0.0740. The van der Waals surface area contributed by atoms with Crippen molar-refractivity contribution in [3.63, 3.8) is 0 Å². The van der Waals surface area contributed by atoms with E-state index >= 15 is 0 Å². The van der Waals surface area contributed by atoms with E-state index in [4.69, 9.17) is 14.2 Å². The molecule has 0 aliphatic rings. The maximum atomic E-state index is 12.8. The molecule has 0 radical (unpaired) electrons. The molecule has 0 heterocycles. The van der Waals surface area contributed by atoms with Crippen LogP contribution in [0.15, 0.2) is 60.8 Å². The number of rotatable bonds is 51. The van der Waals surface area contributed by atoms with Crippen molar-refractivity contribution in [1.82, 2.24) is 0 Å². The molecule has 0 aliphatic heterocycles. The topological polar surface area (TPSA) is 61.8 Å². The summed E-state index contributed by atoms with van der Waals surface area (Å²) in [4.78, 5) is 25.4. The highest BCUT2D eigenvalue weighted by Gasteiger charge is 2.17. The number of carbonyl (C=O) groups excluding carboxylic acids is 2. The maximum Gasteiger partial charge on any atom is 0.306 e. The van der Waals surface area contributed by atoms with Gasteiger partial charge in [-0.1, -0.05) is 242 Å². The molecule has 1 atom stereocenters. The molecule has 1 unspecified atom stereocenters. The number of unbranched alkanes of at least 4 members (excludes halogenated alkanes) is 30. The van der Waals surface area contributed by atoms with Gasteiger partial charge in [0.05, 0.1) is 6.61 Å². The van der Waals surface area contributed by atoms with Gasteiger partial charge in [-0.05, 0) is 83.5 Å². The van der Waals surface area contributed by atoms with Crippen molar-refractivity contribution in [3.8, 4) is 0 Å². The number of ether oxygens (including phenoxy) is 3. The molecule has 5 nitrogen and oxygen atoms in total. The van der Waals surface area contributed by atoms with Gasteiger partial charge in [0.25, 0.3) is 0 Å². The Morgan fingerprint density at radius 3 is 1.14 bits per heavy atom. The van der Waals surface area contributed by atoms with Crippen LogP contribution in [0.1, 0.15) is 278 Å². The Bertz CT molecular complexity index is 1100. The monoisotopic (exact) mass is 895 g/mol. The second-order valence-corrected chi connectivity index (χ2v) is 18.5. The summed E-state index contributed by atoms with van der Waals surface area (Å²) in [6, 6.07) is 0. The van der Waals surface area contributed by atoms with E-state index in [0.29, 0.717) is 19.4 Å². The molecule has 0 aromatic carbocycles. The standard InChI is InChI=1S/C59H106O5/c1-4-7-10-13-16-19-22-24-26-28-29-30-32-34-36-39-42-45-48-51-54-62-55-57(64-59(61)53-50-47-44-41-37-21-18-15-12-9-6-3)56-63-58(60)52-49-46-43-40-38-35-33-31-27-25-23-20-17-14-11-8-5-2/h8,11,17,20,24-27,33,35,57H,4-7,9-10,12-16,18-19,21-23,28-32,34,36-56H2,1-3H3/b11-8-,20-17-,26-24-,27-25-,35-33-. The average Bonchev–Trinajstić information content (AvgIpc) is 3.30. The number of hydrogen-bond donors (Lipinski definition) is 0. The zero-order chi connectivity index (χ0) is 46.3. The fourth-order valence-electron chi connectivity index (χ4n) is 7.91. The maximum absolute atomic E-state index is 12.8. The van der Waals surface area contributed by atoms with Crippen LogP contribution in [0.2, 0.25) is 0 Å². The van der Waals surface area contributed by atoms with Gasteiger partial charge in [-0.2, -0.15) is 0 Å². The average molecular weight is 895 g/mol. The number of hydrogen-bond acceptors (Lipinski definition) is 5. The summed E-state index contributed by atoms with van der Waals surface area (Å²) in [5.74, 6) is -0.416. The molecular weight excluding hydrogens is 789 g/mol. The minimum atomic E-state index is -0.545. The molecule has 0 saturated carbocycles. The summed E-state index contributed by atoms with van der Waals surface area (Å²) in [5, 5.41) is 0. The van der Waals surface area contributed by atoms with Crippen LogP contribution in [-0.2, 0) is 23.8 Å². The molecule has 0 bridgehead atoms. The fourth-order valence-corrected chi connectivity index (χ4v) is 7.91. The Morgan fingerprint density at radius 2 is 0.703 bits per heavy atom. The zero-order valence-corrected chi connectivity index (χ0v) is 42.8. The lowest BCUT2D eigenvalue weighted by Crippen LogP contribution is -2.30. The molecule has 5 heteroatoms. The first-order valence-electron chi connectivity index (χ1n) is 27.8. The predicted octanol–water partition coefficient (Wildman–Crippen LogP) is 18.9. The highest BCUT2D eigenvalue weighted by molar-refractivity contribution is 5.70. The van der Waals surface area contributed by atoms with Crippen LogP contribution in [-0.4, -0.2) is 37.9 Å². The summed E-state index contributed by atoms with van der Waals surface area (Å²) >= 11 is 0. The summed E-state index contributed by atoms with van der Waals surface area (Å²) < 4.78 is 17.4. The first-order chi connectivity index (χ1) is 31.6. The molecule has 0 N–H and O–H groups in total. The Balaban J connectivity index is 4.23. The third-order valence-electron chi connectivity index (χ3n) is 12.0. The van der Waals surface area contributed by atoms with Gasteiger partial charge < -0.3 is 14.2 Å². The Morgan fingerprint density at radius 1 is 0.359 bits per heavy atom. The van der Waals surface area contributed by atoms with Gasteiger partial charge in [0.2, 0.25) is 0 Å². The molecule has 0 rings (SSSR count). The van der Waals surface area contributed by atoms with E-state index in [1.54, 1.807) is 0 Å². The highest BCUT2D eigenvalue weighted by Crippen LogP contribution is 2.15. The van der Waals surface area contributed by atoms with E-state index in [1.807, 2.05) is 0 Å². The Labute approximate surface area is 398 Å². The van der Waals surface area contributed by atoms with E-state index in [1.165, 1.54) is 161 Å². The predicted molar refractivity (Wildman–Crippen MR) is 279 cm³/mol. The third kappa shape index (κ3) is 52.2. The van der Waals surface area contributed by atoms with Crippen molar-refractivity contribution in [3.05, 3.63) is 60.8 Å². The molecule has 64 heavy (non-hydrogen) atoms. The van der Waals surface area contributed by atoms with Crippen molar-refractivity contribution in [1.29, 1.82) is 0 Å². The largest absolute Gasteiger partial charge is 0.462 e. The van der Waals surface area contributed by atoms with Gasteiger partial charge in [0.1, 0.15) is 6.61 Å². The minimum Gasteiger partial charge on any atom is -0.462 e. The van der Waals surface area contributed by atoms with Crippen molar-refractivity contribution in [2.24, 2.45) is 0 Å². The molecular formula is C59H106O5. The SMILES string of the molecule is CC/C=C\C/C=C\C/C=C\C/C=C\CCCCCCC(=O)OCC(COCCCCCCCCCCCC/C=C\CCCCCCCC)OC(=O)CCCCCCCCCCCCC. The van der Waals surface area contributed by atoms with Crippen LogP contribution in [0.4, 0.5) is 0 Å². The molecule has 0 aromatic heterocycles. The fraction of sp³-hybridized carbons (Fsp3) is 0.797. The number of allylic oxidation sites excluding steroid dienone is 10. The summed E-state index contributed by atoms with van der Waals surface area (Å²) in [6.45, 7) is 7.71. The van der Waals surface area contributed by atoms with Gasteiger partial charge >= 0.3 is 11.9 Å². The van der Waals surface area contributed by atoms with Crippen LogP contribution in [0.3, 0.4) is 0 Å². The van der Waals surface area contributed by atoms with Crippen molar-refractivity contribution >= 4 is 11.9 Å². The van der Waals surface area contributed by atoms with E-state index in [0.717, 1.165) is 83.5 Å². The van der Waals surface area contributed by atoms with Crippen LogP contribution in [0.5, 0.6) is 0 Å². The van der Waals surface area contributed by atoms with Gasteiger partial charge in [0.15, 0.2) is 6.10 Å². The summed E-state index contributed by atoms with van der Waals surface area (Å²) in [7, 11) is 0. The Hall–Kier alpha value is -2.40. The quantitative estimate of drug-likeness (QED) is 0.0346. The zero-order valence-electron chi connectivity index (χ0n) is 42.8. The number of esters is 2. The van der Waals surface area contributed by atoms with Crippen LogP contribution >= 0.6 is 0 Å². The van der Waals surface area contributed by atoms with Gasteiger partial charge in [0, 0.05) is 19.4 Å². The van der Waals surface area contributed by atoms with Gasteiger partial charge in [-0.3, -0.25) is 9.59 Å². The first kappa shape index (κ1) is 61.6. The number of carbonyl (C=O) groups is 2. The van der Waals surface area contributed by atoms with E-state index in [-0.39, 0.29) is 25.2 Å². The molecule has 0 spiro atoms. The summed E-state index contributed by atoms with van der Waals surface area (Å²) in [6.07, 6.45) is 69.5. The third-order valence-corrected chi connectivity index (χ3v) is 12.0. The molecule has 0 amide bonds. The normalized spacial score (nSPS) is 12.6. The lowest BCUT2D eigenvalue weighted by Gasteiger charge is -2.18. The molecule has 0 saturated heterocycles. The molecule has 0 aliphatic carbocycles. The van der Waals surface area contributed by atoms with E-state index < -0.39 is 6.10 Å². The van der Waals surface area contributed by atoms with Crippen molar-refractivity contribution in [2.75, 3.05) is 19.8 Å². The Kier molecular flexibility index (Phi) is 52.9. The molecule has 0 aromatic rings. The van der Waals surface area contributed by atoms with Gasteiger partial charge in [-0.25, -0.2) is 0 Å². The lowest BCUT2D eigenvalue weighted by molar-refractivity contribution is -0.163. The van der Waals surface area contributed by atoms with Gasteiger partial charge in [-0.15, -0.1) is 0 Å². The van der Waals surface area contributed by atoms with Crippen LogP contribution in [0.25, 0.3) is 0 Å².